The molecule has 28 heavy (non-hydrogen) atoms. The molecule has 0 bridgehead atoms. The Morgan fingerprint density at radius 2 is 1.93 bits per heavy atom. The Bertz CT molecular complexity index is 604. The second-order valence-corrected chi connectivity index (χ2v) is 8.51. The lowest BCUT2D eigenvalue weighted by atomic mass is 9.69. The maximum atomic E-state index is 13.3. The van der Waals surface area contributed by atoms with Crippen LogP contribution in [0.25, 0.3) is 0 Å². The van der Waals surface area contributed by atoms with Crippen molar-refractivity contribution in [1.29, 1.82) is 0 Å². The van der Waals surface area contributed by atoms with Gasteiger partial charge < -0.3 is 14.7 Å². The molecule has 5 atom stereocenters. The summed E-state index contributed by atoms with van der Waals surface area (Å²) in [4.78, 5) is 15.2. The first-order valence-corrected chi connectivity index (χ1v) is 11.1. The normalized spacial score (nSPS) is 25.9. The van der Waals surface area contributed by atoms with Crippen molar-refractivity contribution in [2.24, 2.45) is 17.8 Å². The summed E-state index contributed by atoms with van der Waals surface area (Å²) in [6.45, 7) is 8.78. The van der Waals surface area contributed by atoms with E-state index in [1.165, 1.54) is 0 Å². The van der Waals surface area contributed by atoms with Gasteiger partial charge in [0.15, 0.2) is 0 Å². The number of hydrogen-bond donors (Lipinski definition) is 1. The molecule has 0 aliphatic heterocycles. The molecule has 5 unspecified atom stereocenters. The van der Waals surface area contributed by atoms with Crippen molar-refractivity contribution in [3.63, 3.8) is 0 Å². The van der Waals surface area contributed by atoms with Crippen LogP contribution in [0.3, 0.4) is 0 Å². The fourth-order valence-corrected chi connectivity index (χ4v) is 4.91. The Hall–Kier alpha value is -1.55. The molecule has 1 N–H and O–H groups in total. The molecule has 1 amide bonds. The second kappa shape index (κ2) is 10.8. The molecule has 1 aliphatic rings. The highest BCUT2D eigenvalue weighted by Crippen LogP contribution is 2.39. The summed E-state index contributed by atoms with van der Waals surface area (Å²) in [7, 11) is 1.90. The number of nitrogens with zero attached hydrogens (tertiary/aromatic N) is 1. The van der Waals surface area contributed by atoms with Crippen molar-refractivity contribution in [3.05, 3.63) is 29.8 Å². The lowest BCUT2D eigenvalue weighted by Gasteiger charge is -2.45. The van der Waals surface area contributed by atoms with Gasteiger partial charge in [-0.3, -0.25) is 4.79 Å². The number of rotatable bonds is 9. The number of amides is 1. The monoisotopic (exact) mass is 389 g/mol. The van der Waals surface area contributed by atoms with Gasteiger partial charge in [0.2, 0.25) is 0 Å². The van der Waals surface area contributed by atoms with Gasteiger partial charge in [-0.15, -0.1) is 0 Å². The minimum Gasteiger partial charge on any atom is -0.491 e. The maximum Gasteiger partial charge on any atom is 0.253 e. The number of carbonyl (C=O) groups is 1. The van der Waals surface area contributed by atoms with Gasteiger partial charge in [0, 0.05) is 31.2 Å². The van der Waals surface area contributed by atoms with Crippen LogP contribution >= 0.6 is 0 Å². The lowest BCUT2D eigenvalue weighted by Crippen LogP contribution is -2.51. The maximum absolute atomic E-state index is 13.3. The summed E-state index contributed by atoms with van der Waals surface area (Å²) in [6, 6.07) is 7.62. The molecule has 0 heterocycles. The summed E-state index contributed by atoms with van der Waals surface area (Å²) in [5.74, 6) is 2.01. The number of benzene rings is 1. The Morgan fingerprint density at radius 3 is 2.54 bits per heavy atom. The van der Waals surface area contributed by atoms with Gasteiger partial charge in [-0.1, -0.05) is 46.1 Å². The molecule has 0 aromatic heterocycles. The van der Waals surface area contributed by atoms with E-state index in [0.717, 1.165) is 44.3 Å². The molecule has 2 rings (SSSR count). The van der Waals surface area contributed by atoms with Crippen LogP contribution < -0.4 is 4.74 Å². The van der Waals surface area contributed by atoms with E-state index in [2.05, 4.69) is 27.7 Å². The SMILES string of the molecule is CCCC(C)Oc1cccc(C(=O)N(C)C2C(CC)CC(CC)CC2CO)c1. The van der Waals surface area contributed by atoms with Gasteiger partial charge in [-0.2, -0.15) is 0 Å². The van der Waals surface area contributed by atoms with Crippen LogP contribution in [0.5, 0.6) is 5.75 Å². The highest BCUT2D eigenvalue weighted by atomic mass is 16.5. The van der Waals surface area contributed by atoms with Crippen LogP contribution in [0.2, 0.25) is 0 Å². The third kappa shape index (κ3) is 5.50. The molecule has 1 aliphatic carbocycles. The largest absolute Gasteiger partial charge is 0.491 e. The van der Waals surface area contributed by atoms with Gasteiger partial charge in [-0.25, -0.2) is 0 Å². The van der Waals surface area contributed by atoms with E-state index in [4.69, 9.17) is 4.74 Å². The number of aliphatic hydroxyl groups excluding tert-OH is 1. The van der Waals surface area contributed by atoms with Crippen LogP contribution in [0.4, 0.5) is 0 Å². The van der Waals surface area contributed by atoms with Gasteiger partial charge in [0.1, 0.15) is 5.75 Å². The molecule has 4 nitrogen and oxygen atoms in total. The summed E-state index contributed by atoms with van der Waals surface area (Å²) >= 11 is 0. The molecule has 158 valence electrons. The minimum atomic E-state index is 0.0189. The molecular weight excluding hydrogens is 350 g/mol. The number of hydrogen-bond acceptors (Lipinski definition) is 3. The molecule has 0 spiro atoms. The van der Waals surface area contributed by atoms with E-state index < -0.39 is 0 Å². The summed E-state index contributed by atoms with van der Waals surface area (Å²) < 4.78 is 5.97. The van der Waals surface area contributed by atoms with Gasteiger partial charge >= 0.3 is 0 Å². The summed E-state index contributed by atoms with van der Waals surface area (Å²) in [5, 5.41) is 10.0. The first kappa shape index (κ1) is 22.7. The van der Waals surface area contributed by atoms with Crippen molar-refractivity contribution >= 4 is 5.91 Å². The van der Waals surface area contributed by atoms with Crippen molar-refractivity contribution in [1.82, 2.24) is 4.90 Å². The van der Waals surface area contributed by atoms with Crippen LogP contribution in [0, 0.1) is 17.8 Å². The first-order chi connectivity index (χ1) is 13.4. The first-order valence-electron chi connectivity index (χ1n) is 11.1. The summed E-state index contributed by atoms with van der Waals surface area (Å²) in [5.41, 5.74) is 0.660. The van der Waals surface area contributed by atoms with Crippen LogP contribution in [-0.2, 0) is 0 Å². The van der Waals surface area contributed by atoms with Crippen LogP contribution in [0.1, 0.15) is 76.6 Å². The molecule has 4 heteroatoms. The minimum absolute atomic E-state index is 0.0189. The number of carbonyl (C=O) groups excluding carboxylic acids is 1. The molecule has 0 saturated heterocycles. The quantitative estimate of drug-likeness (QED) is 0.635. The highest BCUT2D eigenvalue weighted by Gasteiger charge is 2.40. The van der Waals surface area contributed by atoms with E-state index >= 15 is 0 Å². The average molecular weight is 390 g/mol. The van der Waals surface area contributed by atoms with Gasteiger partial charge in [0.05, 0.1) is 6.10 Å². The third-order valence-corrected chi connectivity index (χ3v) is 6.46. The Balaban J connectivity index is 2.18. The smallest absolute Gasteiger partial charge is 0.253 e. The van der Waals surface area contributed by atoms with E-state index in [0.29, 0.717) is 17.4 Å². The topological polar surface area (TPSA) is 49.8 Å². The van der Waals surface area contributed by atoms with Gasteiger partial charge in [-0.05, 0) is 56.2 Å². The summed E-state index contributed by atoms with van der Waals surface area (Å²) in [6.07, 6.45) is 6.53. The van der Waals surface area contributed by atoms with Crippen molar-refractivity contribution in [2.75, 3.05) is 13.7 Å². The number of ether oxygens (including phenoxy) is 1. The predicted octanol–water partition coefficient (Wildman–Crippen LogP) is 5.15. The van der Waals surface area contributed by atoms with Crippen LogP contribution in [-0.4, -0.2) is 41.7 Å². The van der Waals surface area contributed by atoms with E-state index in [9.17, 15) is 9.90 Å². The molecule has 1 aromatic rings. The average Bonchev–Trinajstić information content (AvgIpc) is 2.71. The Labute approximate surface area is 171 Å². The molecule has 1 saturated carbocycles. The van der Waals surface area contributed by atoms with Gasteiger partial charge in [0.25, 0.3) is 5.91 Å². The van der Waals surface area contributed by atoms with E-state index in [-0.39, 0.29) is 30.6 Å². The standard InChI is InChI=1S/C24H39NO3/c1-6-10-17(4)28-22-12-9-11-20(15-22)24(27)25(5)23-19(8-3)13-18(7-2)14-21(23)16-26/h9,11-12,15,17-19,21,23,26H,6-8,10,13-14,16H2,1-5H3. The van der Waals surface area contributed by atoms with Crippen LogP contribution in [0.15, 0.2) is 24.3 Å². The third-order valence-electron chi connectivity index (χ3n) is 6.46. The Morgan fingerprint density at radius 1 is 1.21 bits per heavy atom. The zero-order valence-corrected chi connectivity index (χ0v) is 18.4. The van der Waals surface area contributed by atoms with Crippen molar-refractivity contribution in [3.8, 4) is 5.75 Å². The zero-order valence-electron chi connectivity index (χ0n) is 18.4. The van der Waals surface area contributed by atoms with E-state index in [1.807, 2.05) is 36.2 Å². The molecule has 0 radical (unpaired) electrons. The highest BCUT2D eigenvalue weighted by molar-refractivity contribution is 5.94. The molecule has 1 aromatic carbocycles. The molecule has 1 fully saturated rings. The predicted molar refractivity (Wildman–Crippen MR) is 115 cm³/mol. The van der Waals surface area contributed by atoms with Crippen molar-refractivity contribution < 1.29 is 14.6 Å². The number of aliphatic hydroxyl groups is 1. The zero-order chi connectivity index (χ0) is 20.7. The lowest BCUT2D eigenvalue weighted by molar-refractivity contribution is 0.0154. The fourth-order valence-electron chi connectivity index (χ4n) is 4.91. The second-order valence-electron chi connectivity index (χ2n) is 8.51. The Kier molecular flexibility index (Phi) is 8.81. The fraction of sp³-hybridized carbons (Fsp3) is 0.708. The molecular formula is C24H39NO3. The van der Waals surface area contributed by atoms with E-state index in [1.54, 1.807) is 0 Å². The van der Waals surface area contributed by atoms with Crippen molar-refractivity contribution in [2.45, 2.75) is 78.4 Å².